The second-order valence-electron chi connectivity index (χ2n) is 7.80. The number of rotatable bonds is 8. The molecule has 1 saturated heterocycles. The lowest BCUT2D eigenvalue weighted by Gasteiger charge is -2.47. The number of amides is 2. The zero-order valence-corrected chi connectivity index (χ0v) is 20.3. The summed E-state index contributed by atoms with van der Waals surface area (Å²) in [7, 11) is -4.25. The minimum absolute atomic E-state index is 0.0915. The molecule has 2 atom stereocenters. The van der Waals surface area contributed by atoms with E-state index in [1.165, 1.54) is 41.5 Å². The van der Waals surface area contributed by atoms with Gasteiger partial charge in [-0.3, -0.25) is 15.3 Å². The molecular weight excluding hydrogens is 470 g/mol. The quantitative estimate of drug-likeness (QED) is 0.155. The number of benzene rings is 1. The van der Waals surface area contributed by atoms with Crippen LogP contribution in [0.2, 0.25) is 0 Å². The van der Waals surface area contributed by atoms with Crippen molar-refractivity contribution < 1.29 is 33.1 Å². The maximum Gasteiger partial charge on any atom is 0.404 e. The van der Waals surface area contributed by atoms with Crippen molar-refractivity contribution in [3.05, 3.63) is 24.3 Å². The van der Waals surface area contributed by atoms with Gasteiger partial charge in [0, 0.05) is 25.3 Å². The van der Waals surface area contributed by atoms with Gasteiger partial charge in [0.1, 0.15) is 5.75 Å². The van der Waals surface area contributed by atoms with E-state index >= 15 is 0 Å². The van der Waals surface area contributed by atoms with Crippen molar-refractivity contribution in [1.29, 1.82) is 0 Å². The number of hydrogen-bond donors (Lipinski definition) is 5. The molecule has 2 amide bonds. The number of sulfone groups is 1. The molecule has 12 heteroatoms. The normalized spacial score (nSPS) is 20.6. The van der Waals surface area contributed by atoms with Crippen LogP contribution in [-0.2, 0) is 14.6 Å². The van der Waals surface area contributed by atoms with E-state index in [1.807, 2.05) is 0 Å². The Bertz CT molecular complexity index is 1020. The van der Waals surface area contributed by atoms with Crippen LogP contribution in [0.25, 0.3) is 0 Å². The summed E-state index contributed by atoms with van der Waals surface area (Å²) < 4.78 is 31.8. The van der Waals surface area contributed by atoms with E-state index in [4.69, 9.17) is 9.84 Å². The van der Waals surface area contributed by atoms with Gasteiger partial charge in [-0.25, -0.2) is 18.7 Å². The fraction of sp³-hybridized carbons (Fsp3) is 0.524. The molecule has 5 N–H and O–H groups in total. The Morgan fingerprint density at radius 3 is 2.55 bits per heavy atom. The number of carboxylic acid groups (broad SMARTS) is 1. The predicted molar refractivity (Wildman–Crippen MR) is 124 cm³/mol. The fourth-order valence-electron chi connectivity index (χ4n) is 3.52. The first kappa shape index (κ1) is 26.8. The van der Waals surface area contributed by atoms with Crippen molar-refractivity contribution in [1.82, 2.24) is 16.1 Å². The summed E-state index contributed by atoms with van der Waals surface area (Å²) in [6.45, 7) is 5.62. The first-order chi connectivity index (χ1) is 15.5. The molecule has 1 fully saturated rings. The lowest BCUT2D eigenvalue weighted by atomic mass is 10.0. The zero-order chi connectivity index (χ0) is 24.7. The van der Waals surface area contributed by atoms with E-state index in [-0.39, 0.29) is 11.4 Å². The molecule has 182 valence electrons. The van der Waals surface area contributed by atoms with Gasteiger partial charge < -0.3 is 15.2 Å². The van der Waals surface area contributed by atoms with Gasteiger partial charge in [-0.1, -0.05) is 11.8 Å². The molecule has 0 saturated carbocycles. The highest BCUT2D eigenvalue weighted by Gasteiger charge is 2.62. The third-order valence-corrected chi connectivity index (χ3v) is 9.22. The van der Waals surface area contributed by atoms with Crippen molar-refractivity contribution in [3.8, 4) is 17.6 Å². The van der Waals surface area contributed by atoms with Gasteiger partial charge in [0.2, 0.25) is 14.7 Å². The summed E-state index contributed by atoms with van der Waals surface area (Å²) >= 11 is 1.33. The van der Waals surface area contributed by atoms with Crippen molar-refractivity contribution in [3.63, 3.8) is 0 Å². The Labute approximate surface area is 197 Å². The molecule has 1 heterocycles. The van der Waals surface area contributed by atoms with Gasteiger partial charge in [0.15, 0.2) is 6.10 Å². The number of carbonyl (C=O) groups excluding carboxylic acids is 1. The Kier molecular flexibility index (Phi) is 9.02. The average molecular weight is 500 g/mol. The number of carbonyl (C=O) groups is 2. The number of hydroxylamine groups is 1. The minimum atomic E-state index is -4.25. The number of ether oxygens (including phenoxy) is 1. The van der Waals surface area contributed by atoms with E-state index in [0.29, 0.717) is 30.9 Å². The first-order valence-electron chi connectivity index (χ1n) is 10.3. The second-order valence-corrected chi connectivity index (χ2v) is 11.6. The van der Waals surface area contributed by atoms with E-state index in [9.17, 15) is 23.2 Å². The largest absolute Gasteiger partial charge is 0.478 e. The summed E-state index contributed by atoms with van der Waals surface area (Å²) in [6, 6.07) is 5.67. The van der Waals surface area contributed by atoms with Crippen LogP contribution in [0, 0.1) is 11.8 Å². The molecule has 1 aliphatic heterocycles. The SMILES string of the molecule is CC(C#CCCCNC(=O)O)Oc1ccc(S(=O)(=O)[C@]2(C(=O)NO)NCCSC2(C)C)cc1. The molecule has 1 unspecified atom stereocenters. The van der Waals surface area contributed by atoms with Crippen molar-refractivity contribution >= 4 is 33.6 Å². The highest BCUT2D eigenvalue weighted by molar-refractivity contribution is 8.02. The van der Waals surface area contributed by atoms with Gasteiger partial charge in [-0.05, 0) is 51.5 Å². The third kappa shape index (κ3) is 5.92. The minimum Gasteiger partial charge on any atom is -0.478 e. The monoisotopic (exact) mass is 499 g/mol. The highest BCUT2D eigenvalue weighted by atomic mass is 32.2. The number of unbranched alkanes of at least 4 members (excludes halogenated alkanes) is 1. The number of nitrogens with one attached hydrogen (secondary N) is 3. The molecule has 0 aliphatic carbocycles. The summed E-state index contributed by atoms with van der Waals surface area (Å²) in [6.07, 6.45) is -0.470. The van der Waals surface area contributed by atoms with E-state index < -0.39 is 37.6 Å². The van der Waals surface area contributed by atoms with Crippen LogP contribution in [-0.4, -0.2) is 65.3 Å². The zero-order valence-electron chi connectivity index (χ0n) is 18.7. The molecule has 0 aromatic heterocycles. The molecule has 1 aliphatic rings. The predicted octanol–water partition coefficient (Wildman–Crippen LogP) is 1.60. The summed E-state index contributed by atoms with van der Waals surface area (Å²) in [4.78, 5) is 20.9. The molecule has 33 heavy (non-hydrogen) atoms. The molecule has 0 bridgehead atoms. The van der Waals surface area contributed by atoms with Crippen molar-refractivity contribution in [2.75, 3.05) is 18.8 Å². The van der Waals surface area contributed by atoms with Crippen molar-refractivity contribution in [2.45, 2.75) is 54.2 Å². The molecule has 0 radical (unpaired) electrons. The standard InChI is InChI=1S/C21H29N3O7S2/c1-15(7-5-4-6-12-22-19(26)27)31-16-8-10-17(11-9-16)33(29,30)21(18(25)24-28)20(2,3)32-14-13-23-21/h8-11,15,22-23,28H,4,6,12-14H2,1-3H3,(H,24,25)(H,26,27)/t15?,21-/m0/s1. The first-order valence-corrected chi connectivity index (χ1v) is 12.7. The van der Waals surface area contributed by atoms with Crippen LogP contribution in [0.1, 0.15) is 33.6 Å². The lowest BCUT2D eigenvalue weighted by Crippen LogP contribution is -2.73. The van der Waals surface area contributed by atoms with Crippen LogP contribution in [0.4, 0.5) is 4.79 Å². The van der Waals surface area contributed by atoms with E-state index in [0.717, 1.165) is 0 Å². The lowest BCUT2D eigenvalue weighted by molar-refractivity contribution is -0.133. The van der Waals surface area contributed by atoms with Gasteiger partial charge >= 0.3 is 6.09 Å². The highest BCUT2D eigenvalue weighted by Crippen LogP contribution is 2.44. The van der Waals surface area contributed by atoms with Crippen molar-refractivity contribution in [2.24, 2.45) is 0 Å². The van der Waals surface area contributed by atoms with Crippen LogP contribution in [0.15, 0.2) is 29.2 Å². The molecule has 0 spiro atoms. The van der Waals surface area contributed by atoms with Gasteiger partial charge in [0.05, 0.1) is 9.64 Å². The molecule has 10 nitrogen and oxygen atoms in total. The van der Waals surface area contributed by atoms with Gasteiger partial charge in [-0.15, -0.1) is 0 Å². The van der Waals surface area contributed by atoms with Crippen LogP contribution in [0.3, 0.4) is 0 Å². The Morgan fingerprint density at radius 2 is 1.97 bits per heavy atom. The van der Waals surface area contributed by atoms with Crippen LogP contribution >= 0.6 is 11.8 Å². The smallest absolute Gasteiger partial charge is 0.404 e. The van der Waals surface area contributed by atoms with E-state index in [2.05, 4.69) is 22.5 Å². The van der Waals surface area contributed by atoms with Gasteiger partial charge in [0.25, 0.3) is 5.91 Å². The topological polar surface area (TPSA) is 154 Å². The average Bonchev–Trinajstić information content (AvgIpc) is 2.75. The van der Waals surface area contributed by atoms with E-state index in [1.54, 1.807) is 20.8 Å². The second kappa shape index (κ2) is 11.1. The fourth-order valence-corrected chi connectivity index (χ4v) is 7.18. The number of hydrogen-bond acceptors (Lipinski definition) is 8. The maximum absolute atomic E-state index is 13.6. The summed E-state index contributed by atoms with van der Waals surface area (Å²) in [5, 5.41) is 22.9. The van der Waals surface area contributed by atoms with Crippen LogP contribution in [0.5, 0.6) is 5.75 Å². The summed E-state index contributed by atoms with van der Waals surface area (Å²) in [5.41, 5.74) is 1.52. The molecular formula is C21H29N3O7S2. The van der Waals surface area contributed by atoms with Gasteiger partial charge in [-0.2, -0.15) is 11.8 Å². The number of thioether (sulfide) groups is 1. The molecule has 1 aromatic rings. The van der Waals surface area contributed by atoms with Crippen LogP contribution < -0.4 is 20.9 Å². The Hall–Kier alpha value is -2.46. The Morgan fingerprint density at radius 1 is 1.30 bits per heavy atom. The molecule has 2 rings (SSSR count). The maximum atomic E-state index is 13.6. The summed E-state index contributed by atoms with van der Waals surface area (Å²) in [5.74, 6) is 5.78. The Balaban J connectivity index is 2.15. The third-order valence-electron chi connectivity index (χ3n) is 5.12. The molecule has 1 aromatic carbocycles.